The molecule has 11 nitrogen and oxygen atoms in total. The first-order chi connectivity index (χ1) is 36.2. The molecular weight excluding hydrogens is 952 g/mol. The standard InChI is InChI=1S/C62H101O11P/c1-4-7-10-13-16-19-22-25-27-28-29-30-32-35-38-41-44-47-50-53-62(66)73-59(55-69-60(64)51-48-45-42-39-36-34-31-26-23-20-17-14-11-8-5-2)57-71-74(67,68)70-56-58(54-63)72-61(65)52-49-46-43-40-37-33-24-21-18-15-12-9-6-3/h7-8,10-12,15-17,19-21,24-27,29-31,36,39,58-59,63H,4-6,9,13-14,18,22-23,28,32-35,37-38,40-57H2,1-3H3,(H,67,68)/b10-7-,11-8-,15-12-,19-16-,20-17-,24-21-,27-25-,30-29-,31-26-,39-36-. The minimum Gasteiger partial charge on any atom is -0.462 e. The number of hydrogen-bond donors (Lipinski definition) is 2. The molecule has 3 atom stereocenters. The summed E-state index contributed by atoms with van der Waals surface area (Å²) in [6, 6.07) is 0. The number of carbonyl (C=O) groups excluding carboxylic acids is 3. The minimum absolute atomic E-state index is 0.135. The zero-order valence-electron chi connectivity index (χ0n) is 46.3. The van der Waals surface area contributed by atoms with Crippen molar-refractivity contribution in [3.63, 3.8) is 0 Å². The van der Waals surface area contributed by atoms with Gasteiger partial charge in [0.25, 0.3) is 0 Å². The van der Waals surface area contributed by atoms with Crippen LogP contribution in [0.1, 0.15) is 213 Å². The summed E-state index contributed by atoms with van der Waals surface area (Å²) in [6.45, 7) is 4.25. The van der Waals surface area contributed by atoms with E-state index in [1.807, 2.05) is 0 Å². The number of unbranched alkanes of at least 4 members (excludes halogenated alkanes) is 14. The van der Waals surface area contributed by atoms with Gasteiger partial charge in [-0.1, -0.05) is 194 Å². The molecule has 3 unspecified atom stereocenters. The zero-order chi connectivity index (χ0) is 54.1. The number of rotatable bonds is 51. The van der Waals surface area contributed by atoms with E-state index in [-0.39, 0.29) is 25.9 Å². The Labute approximate surface area is 449 Å². The lowest BCUT2D eigenvalue weighted by Crippen LogP contribution is -2.30. The van der Waals surface area contributed by atoms with Crippen LogP contribution in [0.15, 0.2) is 122 Å². The first-order valence-corrected chi connectivity index (χ1v) is 29.9. The average Bonchev–Trinajstić information content (AvgIpc) is 3.39. The average molecular weight is 1050 g/mol. The fourth-order valence-corrected chi connectivity index (χ4v) is 7.86. The molecule has 0 heterocycles. The van der Waals surface area contributed by atoms with E-state index in [2.05, 4.69) is 142 Å². The molecule has 2 N–H and O–H groups in total. The third kappa shape index (κ3) is 52.7. The summed E-state index contributed by atoms with van der Waals surface area (Å²) in [5.41, 5.74) is 0. The molecule has 0 bridgehead atoms. The molecule has 420 valence electrons. The molecule has 0 aliphatic heterocycles. The van der Waals surface area contributed by atoms with Gasteiger partial charge in [0, 0.05) is 19.3 Å². The fraction of sp³-hybridized carbons (Fsp3) is 0.629. The van der Waals surface area contributed by atoms with Crippen molar-refractivity contribution in [1.82, 2.24) is 0 Å². The van der Waals surface area contributed by atoms with Crippen LogP contribution in [0.25, 0.3) is 0 Å². The van der Waals surface area contributed by atoms with Crippen LogP contribution in [0, 0.1) is 0 Å². The number of aliphatic hydroxyl groups excluding tert-OH is 1. The number of phosphoric ester groups is 1. The lowest BCUT2D eigenvalue weighted by Gasteiger charge is -2.21. The van der Waals surface area contributed by atoms with Crippen LogP contribution in [0.2, 0.25) is 0 Å². The molecule has 0 spiro atoms. The van der Waals surface area contributed by atoms with Gasteiger partial charge in [0.1, 0.15) is 12.7 Å². The minimum atomic E-state index is -4.77. The van der Waals surface area contributed by atoms with Crippen LogP contribution in [0.4, 0.5) is 0 Å². The van der Waals surface area contributed by atoms with Crippen molar-refractivity contribution in [1.29, 1.82) is 0 Å². The smallest absolute Gasteiger partial charge is 0.462 e. The molecule has 0 aromatic carbocycles. The molecular formula is C62H101O11P. The van der Waals surface area contributed by atoms with Crippen molar-refractivity contribution in [2.24, 2.45) is 0 Å². The predicted molar refractivity (Wildman–Crippen MR) is 306 cm³/mol. The van der Waals surface area contributed by atoms with E-state index in [1.165, 1.54) is 0 Å². The Morgan fingerprint density at radius 1 is 0.392 bits per heavy atom. The number of phosphoric acid groups is 1. The number of esters is 3. The van der Waals surface area contributed by atoms with E-state index in [0.29, 0.717) is 19.3 Å². The van der Waals surface area contributed by atoms with E-state index < -0.39 is 57.8 Å². The highest BCUT2D eigenvalue weighted by Gasteiger charge is 2.28. The number of hydrogen-bond acceptors (Lipinski definition) is 10. The molecule has 0 aliphatic rings. The van der Waals surface area contributed by atoms with Gasteiger partial charge in [-0.05, 0) is 122 Å². The summed E-state index contributed by atoms with van der Waals surface area (Å²) in [4.78, 5) is 48.5. The SMILES string of the molecule is CC/C=C\C/C=C\C/C=C\C/C=C\CCCCCCCCC(=O)OC(COC(=O)CCCC/C=C\C/C=C\C/C=C\C/C=C\CC)COP(=O)(O)OCC(CO)OC(=O)CCCCCCC/C=C\C/C=C\CCC. The van der Waals surface area contributed by atoms with Crippen LogP contribution < -0.4 is 0 Å². The van der Waals surface area contributed by atoms with E-state index in [9.17, 15) is 28.9 Å². The summed E-state index contributed by atoms with van der Waals surface area (Å²) in [6.07, 6.45) is 67.3. The largest absolute Gasteiger partial charge is 0.472 e. The summed E-state index contributed by atoms with van der Waals surface area (Å²) < 4.78 is 39.4. The molecule has 12 heteroatoms. The number of carbonyl (C=O) groups is 3. The maximum absolute atomic E-state index is 12.9. The topological polar surface area (TPSA) is 155 Å². The molecule has 0 aliphatic carbocycles. The summed E-state index contributed by atoms with van der Waals surface area (Å²) in [7, 11) is -4.77. The third-order valence-electron chi connectivity index (χ3n) is 11.3. The predicted octanol–water partition coefficient (Wildman–Crippen LogP) is 16.8. The summed E-state index contributed by atoms with van der Waals surface area (Å²) in [5, 5.41) is 9.80. The van der Waals surface area contributed by atoms with Gasteiger partial charge < -0.3 is 24.2 Å². The number of allylic oxidation sites excluding steroid dienone is 20. The molecule has 0 saturated heterocycles. The van der Waals surface area contributed by atoms with Gasteiger partial charge >= 0.3 is 25.7 Å². The fourth-order valence-electron chi connectivity index (χ4n) is 7.08. The van der Waals surface area contributed by atoms with Crippen molar-refractivity contribution in [3.8, 4) is 0 Å². The van der Waals surface area contributed by atoms with Gasteiger partial charge in [0.05, 0.1) is 19.8 Å². The summed E-state index contributed by atoms with van der Waals surface area (Å²) >= 11 is 0. The van der Waals surface area contributed by atoms with E-state index in [1.54, 1.807) is 0 Å². The van der Waals surface area contributed by atoms with Gasteiger partial charge in [-0.25, -0.2) is 4.57 Å². The third-order valence-corrected chi connectivity index (χ3v) is 12.3. The second-order valence-electron chi connectivity index (χ2n) is 18.3. The van der Waals surface area contributed by atoms with Gasteiger partial charge in [0.15, 0.2) is 6.10 Å². The lowest BCUT2D eigenvalue weighted by atomic mass is 10.1. The quantitative estimate of drug-likeness (QED) is 0.0197. The normalized spacial score (nSPS) is 14.3. The number of ether oxygens (including phenoxy) is 3. The number of aliphatic hydroxyl groups is 1. The van der Waals surface area contributed by atoms with Crippen molar-refractivity contribution in [2.45, 2.75) is 226 Å². The Balaban J connectivity index is 4.84. The highest BCUT2D eigenvalue weighted by atomic mass is 31.2. The maximum atomic E-state index is 12.9. The van der Waals surface area contributed by atoms with Gasteiger partial charge in [-0.2, -0.15) is 0 Å². The molecule has 74 heavy (non-hydrogen) atoms. The van der Waals surface area contributed by atoms with Gasteiger partial charge in [-0.15, -0.1) is 0 Å². The molecule has 0 saturated carbocycles. The first kappa shape index (κ1) is 69.9. The molecule has 0 radical (unpaired) electrons. The first-order valence-electron chi connectivity index (χ1n) is 28.4. The molecule has 0 rings (SSSR count). The Bertz CT molecular complexity index is 1700. The van der Waals surface area contributed by atoms with Crippen LogP contribution >= 0.6 is 7.82 Å². The van der Waals surface area contributed by atoms with Crippen LogP contribution in [-0.2, 0) is 42.2 Å². The second-order valence-corrected chi connectivity index (χ2v) is 19.8. The van der Waals surface area contributed by atoms with Crippen molar-refractivity contribution >= 4 is 25.7 Å². The highest BCUT2D eigenvalue weighted by Crippen LogP contribution is 2.43. The Hall–Kier alpha value is -4.12. The van der Waals surface area contributed by atoms with Gasteiger partial charge in [0.2, 0.25) is 0 Å². The Kier molecular flexibility index (Phi) is 52.1. The van der Waals surface area contributed by atoms with Crippen LogP contribution in [0.3, 0.4) is 0 Å². The van der Waals surface area contributed by atoms with Crippen LogP contribution in [-0.4, -0.2) is 66.5 Å². The molecule has 0 aromatic rings. The zero-order valence-corrected chi connectivity index (χ0v) is 47.2. The summed E-state index contributed by atoms with van der Waals surface area (Å²) in [5.74, 6) is -1.56. The Morgan fingerprint density at radius 3 is 1.11 bits per heavy atom. The second kappa shape index (κ2) is 55.1. The highest BCUT2D eigenvalue weighted by molar-refractivity contribution is 7.47. The van der Waals surface area contributed by atoms with E-state index in [0.717, 1.165) is 154 Å². The van der Waals surface area contributed by atoms with Crippen molar-refractivity contribution < 1.29 is 52.2 Å². The molecule has 0 fully saturated rings. The van der Waals surface area contributed by atoms with Crippen LogP contribution in [0.5, 0.6) is 0 Å². The molecule has 0 amide bonds. The Morgan fingerprint density at radius 2 is 0.703 bits per heavy atom. The van der Waals surface area contributed by atoms with Gasteiger partial charge in [-0.3, -0.25) is 23.4 Å². The van der Waals surface area contributed by atoms with Crippen molar-refractivity contribution in [3.05, 3.63) is 122 Å². The maximum Gasteiger partial charge on any atom is 0.472 e. The molecule has 0 aromatic heterocycles. The lowest BCUT2D eigenvalue weighted by molar-refractivity contribution is -0.161. The monoisotopic (exact) mass is 1050 g/mol. The van der Waals surface area contributed by atoms with Crippen molar-refractivity contribution in [2.75, 3.05) is 26.4 Å². The van der Waals surface area contributed by atoms with E-state index >= 15 is 0 Å². The van der Waals surface area contributed by atoms with E-state index in [4.69, 9.17) is 23.3 Å².